The molecule has 1 rings (SSSR count). The standard InChI is InChI=1S/C12H17Cl2NO2/c1-9(15-4-6-17-7-5-16)11-8-10(13)2-3-12(11)14/h2-3,8-9,15-16H,4-7H2,1H3. The van der Waals surface area contributed by atoms with Gasteiger partial charge in [0.2, 0.25) is 0 Å². The van der Waals surface area contributed by atoms with E-state index in [1.807, 2.05) is 13.0 Å². The summed E-state index contributed by atoms with van der Waals surface area (Å²) in [6.07, 6.45) is 0. The minimum atomic E-state index is 0.0513. The average molecular weight is 278 g/mol. The fraction of sp³-hybridized carbons (Fsp3) is 0.500. The lowest BCUT2D eigenvalue weighted by Crippen LogP contribution is -2.24. The van der Waals surface area contributed by atoms with E-state index in [9.17, 15) is 0 Å². The molecule has 1 aromatic rings. The number of aliphatic hydroxyl groups is 1. The predicted molar refractivity (Wildman–Crippen MR) is 70.8 cm³/mol. The molecule has 0 aromatic heterocycles. The molecule has 0 amide bonds. The first-order valence-electron chi connectivity index (χ1n) is 5.52. The van der Waals surface area contributed by atoms with Crippen LogP contribution in [0.5, 0.6) is 0 Å². The predicted octanol–water partition coefficient (Wildman–Crippen LogP) is 2.65. The lowest BCUT2D eigenvalue weighted by atomic mass is 10.1. The van der Waals surface area contributed by atoms with Gasteiger partial charge in [-0.1, -0.05) is 23.2 Å². The van der Waals surface area contributed by atoms with E-state index in [-0.39, 0.29) is 12.6 Å². The topological polar surface area (TPSA) is 41.5 Å². The van der Waals surface area contributed by atoms with Crippen molar-refractivity contribution in [1.82, 2.24) is 5.32 Å². The van der Waals surface area contributed by atoms with Crippen LogP contribution in [0.4, 0.5) is 0 Å². The Labute approximate surface area is 112 Å². The highest BCUT2D eigenvalue weighted by molar-refractivity contribution is 6.33. The Morgan fingerprint density at radius 1 is 1.35 bits per heavy atom. The molecule has 5 heteroatoms. The lowest BCUT2D eigenvalue weighted by molar-refractivity contribution is 0.0928. The molecule has 0 aliphatic rings. The first-order valence-corrected chi connectivity index (χ1v) is 6.27. The van der Waals surface area contributed by atoms with Crippen molar-refractivity contribution in [2.75, 3.05) is 26.4 Å². The summed E-state index contributed by atoms with van der Waals surface area (Å²) in [5, 5.41) is 13.2. The molecule has 0 fully saturated rings. The van der Waals surface area contributed by atoms with Gasteiger partial charge in [0.05, 0.1) is 19.8 Å². The first kappa shape index (κ1) is 14.7. The number of ether oxygens (including phenoxy) is 1. The summed E-state index contributed by atoms with van der Waals surface area (Å²) in [6, 6.07) is 5.53. The highest BCUT2D eigenvalue weighted by Gasteiger charge is 2.09. The zero-order valence-corrected chi connectivity index (χ0v) is 11.3. The van der Waals surface area contributed by atoms with E-state index in [1.54, 1.807) is 12.1 Å². The zero-order chi connectivity index (χ0) is 12.7. The fourth-order valence-electron chi connectivity index (χ4n) is 1.47. The van der Waals surface area contributed by atoms with Crippen molar-refractivity contribution in [1.29, 1.82) is 0 Å². The molecule has 1 unspecified atom stereocenters. The summed E-state index contributed by atoms with van der Waals surface area (Å²) in [7, 11) is 0. The molecule has 0 saturated carbocycles. The SMILES string of the molecule is CC(NCCOCCO)c1cc(Cl)ccc1Cl. The van der Waals surface area contributed by atoms with Gasteiger partial charge in [-0.3, -0.25) is 0 Å². The summed E-state index contributed by atoms with van der Waals surface area (Å²) < 4.78 is 5.15. The number of halogens is 2. The summed E-state index contributed by atoms with van der Waals surface area (Å²) in [5.41, 5.74) is 0.973. The van der Waals surface area contributed by atoms with E-state index in [2.05, 4.69) is 5.32 Å². The molecule has 96 valence electrons. The van der Waals surface area contributed by atoms with Crippen molar-refractivity contribution in [2.45, 2.75) is 13.0 Å². The lowest BCUT2D eigenvalue weighted by Gasteiger charge is -2.16. The average Bonchev–Trinajstić information content (AvgIpc) is 2.32. The maximum Gasteiger partial charge on any atom is 0.0698 e. The molecule has 1 aromatic carbocycles. The minimum Gasteiger partial charge on any atom is -0.394 e. The van der Waals surface area contributed by atoms with Crippen LogP contribution in [0.15, 0.2) is 18.2 Å². The first-order chi connectivity index (χ1) is 8.15. The number of aliphatic hydroxyl groups excluding tert-OH is 1. The Bertz CT molecular complexity index is 347. The number of hydrogen-bond acceptors (Lipinski definition) is 3. The van der Waals surface area contributed by atoms with Gasteiger partial charge in [-0.25, -0.2) is 0 Å². The maximum absolute atomic E-state index is 8.54. The quantitative estimate of drug-likeness (QED) is 0.753. The number of benzene rings is 1. The zero-order valence-electron chi connectivity index (χ0n) is 9.75. The van der Waals surface area contributed by atoms with E-state index in [4.69, 9.17) is 33.0 Å². The largest absolute Gasteiger partial charge is 0.394 e. The van der Waals surface area contributed by atoms with Crippen LogP contribution in [-0.2, 0) is 4.74 Å². The number of hydrogen-bond donors (Lipinski definition) is 2. The summed E-state index contributed by atoms with van der Waals surface area (Å²) >= 11 is 12.0. The van der Waals surface area contributed by atoms with Crippen molar-refractivity contribution in [3.05, 3.63) is 33.8 Å². The summed E-state index contributed by atoms with van der Waals surface area (Å²) in [4.78, 5) is 0. The fourth-order valence-corrected chi connectivity index (χ4v) is 1.93. The van der Waals surface area contributed by atoms with Gasteiger partial charge in [-0.05, 0) is 30.7 Å². The summed E-state index contributed by atoms with van der Waals surface area (Å²) in [6.45, 7) is 3.69. The Hall–Kier alpha value is -0.320. The molecule has 0 radical (unpaired) electrons. The van der Waals surface area contributed by atoms with E-state index in [0.29, 0.717) is 29.8 Å². The molecule has 0 aliphatic heterocycles. The van der Waals surface area contributed by atoms with Crippen LogP contribution in [0.2, 0.25) is 10.0 Å². The van der Waals surface area contributed by atoms with E-state index in [1.165, 1.54) is 0 Å². The van der Waals surface area contributed by atoms with Gasteiger partial charge >= 0.3 is 0 Å². The third kappa shape index (κ3) is 5.23. The van der Waals surface area contributed by atoms with E-state index < -0.39 is 0 Å². The van der Waals surface area contributed by atoms with Gasteiger partial charge in [0.25, 0.3) is 0 Å². The second-order valence-electron chi connectivity index (χ2n) is 3.68. The maximum atomic E-state index is 8.54. The van der Waals surface area contributed by atoms with Crippen LogP contribution < -0.4 is 5.32 Å². The molecular formula is C12H17Cl2NO2. The van der Waals surface area contributed by atoms with Crippen molar-refractivity contribution < 1.29 is 9.84 Å². The Morgan fingerprint density at radius 2 is 2.12 bits per heavy atom. The molecule has 2 N–H and O–H groups in total. The van der Waals surface area contributed by atoms with E-state index >= 15 is 0 Å². The second kappa shape index (κ2) is 7.90. The minimum absolute atomic E-state index is 0.0513. The Kier molecular flexibility index (Phi) is 6.85. The van der Waals surface area contributed by atoms with Crippen molar-refractivity contribution in [3.8, 4) is 0 Å². The van der Waals surface area contributed by atoms with Gasteiger partial charge < -0.3 is 15.2 Å². The molecule has 0 spiro atoms. The Morgan fingerprint density at radius 3 is 2.82 bits per heavy atom. The highest BCUT2D eigenvalue weighted by Crippen LogP contribution is 2.25. The molecule has 17 heavy (non-hydrogen) atoms. The molecule has 0 aliphatic carbocycles. The molecule has 0 saturated heterocycles. The monoisotopic (exact) mass is 277 g/mol. The van der Waals surface area contributed by atoms with Gasteiger partial charge in [-0.2, -0.15) is 0 Å². The van der Waals surface area contributed by atoms with E-state index in [0.717, 1.165) is 5.56 Å². The van der Waals surface area contributed by atoms with Crippen LogP contribution in [0.3, 0.4) is 0 Å². The van der Waals surface area contributed by atoms with Crippen LogP contribution in [0.25, 0.3) is 0 Å². The summed E-state index contributed by atoms with van der Waals surface area (Å²) in [5.74, 6) is 0. The number of nitrogens with one attached hydrogen (secondary N) is 1. The van der Waals surface area contributed by atoms with Crippen LogP contribution >= 0.6 is 23.2 Å². The molecule has 3 nitrogen and oxygen atoms in total. The van der Waals surface area contributed by atoms with Crippen LogP contribution in [0.1, 0.15) is 18.5 Å². The molecule has 0 heterocycles. The number of rotatable bonds is 7. The van der Waals surface area contributed by atoms with Crippen molar-refractivity contribution in [2.24, 2.45) is 0 Å². The van der Waals surface area contributed by atoms with Crippen LogP contribution in [-0.4, -0.2) is 31.5 Å². The van der Waals surface area contributed by atoms with Crippen molar-refractivity contribution >= 4 is 23.2 Å². The normalized spacial score (nSPS) is 12.7. The molecular weight excluding hydrogens is 261 g/mol. The third-order valence-corrected chi connectivity index (χ3v) is 2.94. The molecule has 0 bridgehead atoms. The smallest absolute Gasteiger partial charge is 0.0698 e. The van der Waals surface area contributed by atoms with Gasteiger partial charge in [-0.15, -0.1) is 0 Å². The second-order valence-corrected chi connectivity index (χ2v) is 4.52. The highest BCUT2D eigenvalue weighted by atomic mass is 35.5. The van der Waals surface area contributed by atoms with Gasteiger partial charge in [0, 0.05) is 22.6 Å². The third-order valence-electron chi connectivity index (χ3n) is 2.36. The van der Waals surface area contributed by atoms with Gasteiger partial charge in [0.1, 0.15) is 0 Å². The van der Waals surface area contributed by atoms with Gasteiger partial charge in [0.15, 0.2) is 0 Å². The molecule has 1 atom stereocenters. The Balaban J connectivity index is 2.41. The van der Waals surface area contributed by atoms with Crippen molar-refractivity contribution in [3.63, 3.8) is 0 Å². The van der Waals surface area contributed by atoms with Crippen LogP contribution in [0, 0.1) is 0 Å².